The molecule has 1 aromatic rings. The third kappa shape index (κ3) is 2.44. The van der Waals surface area contributed by atoms with Crippen molar-refractivity contribution in [2.75, 3.05) is 18.5 Å². The zero-order valence-electron chi connectivity index (χ0n) is 9.55. The first kappa shape index (κ1) is 10.3. The molecule has 0 bridgehead atoms. The summed E-state index contributed by atoms with van der Waals surface area (Å²) in [6, 6.07) is 6.39. The maximum atomic E-state index is 5.47. The van der Waals surface area contributed by atoms with E-state index in [2.05, 4.69) is 37.4 Å². The van der Waals surface area contributed by atoms with Crippen molar-refractivity contribution < 1.29 is 4.74 Å². The van der Waals surface area contributed by atoms with Crippen molar-refractivity contribution in [3.8, 4) is 5.75 Å². The van der Waals surface area contributed by atoms with Crippen LogP contribution in [0.25, 0.3) is 0 Å². The lowest BCUT2D eigenvalue weighted by Crippen LogP contribution is -2.10. The molecular formula is C13H19NO. The molecule has 1 aliphatic rings. The number of hydrogen-bond acceptors (Lipinski definition) is 2. The fourth-order valence-electron chi connectivity index (χ4n) is 1.73. The van der Waals surface area contributed by atoms with Crippen molar-refractivity contribution in [1.82, 2.24) is 0 Å². The van der Waals surface area contributed by atoms with E-state index in [0.29, 0.717) is 0 Å². The van der Waals surface area contributed by atoms with Gasteiger partial charge >= 0.3 is 0 Å². The molecule has 1 unspecified atom stereocenters. The average molecular weight is 205 g/mol. The van der Waals surface area contributed by atoms with Gasteiger partial charge in [0.1, 0.15) is 5.75 Å². The lowest BCUT2D eigenvalue weighted by Gasteiger charge is -2.12. The van der Waals surface area contributed by atoms with Gasteiger partial charge in [-0.2, -0.15) is 0 Å². The van der Waals surface area contributed by atoms with Gasteiger partial charge in [0.05, 0.1) is 6.61 Å². The van der Waals surface area contributed by atoms with Crippen molar-refractivity contribution in [3.63, 3.8) is 0 Å². The number of fused-ring (bicyclic) bond motifs is 1. The van der Waals surface area contributed by atoms with E-state index < -0.39 is 0 Å². The summed E-state index contributed by atoms with van der Waals surface area (Å²) in [4.78, 5) is 0. The van der Waals surface area contributed by atoms with E-state index in [0.717, 1.165) is 31.2 Å². The third-order valence-electron chi connectivity index (χ3n) is 3.04. The Hall–Kier alpha value is -1.18. The highest BCUT2D eigenvalue weighted by atomic mass is 16.5. The largest absolute Gasteiger partial charge is 0.493 e. The minimum Gasteiger partial charge on any atom is -0.493 e. The Morgan fingerprint density at radius 2 is 2.33 bits per heavy atom. The van der Waals surface area contributed by atoms with Gasteiger partial charge in [-0.15, -0.1) is 0 Å². The molecule has 0 aromatic heterocycles. The molecule has 1 N–H and O–H groups in total. The van der Waals surface area contributed by atoms with Crippen LogP contribution in [0.1, 0.15) is 25.8 Å². The molecular weight excluding hydrogens is 186 g/mol. The van der Waals surface area contributed by atoms with Crippen LogP contribution in [0.2, 0.25) is 0 Å². The first-order chi connectivity index (χ1) is 7.29. The Bertz CT molecular complexity index is 335. The van der Waals surface area contributed by atoms with E-state index in [1.165, 1.54) is 17.7 Å². The Kier molecular flexibility index (Phi) is 3.14. The van der Waals surface area contributed by atoms with Gasteiger partial charge in [-0.05, 0) is 29.7 Å². The molecule has 2 nitrogen and oxygen atoms in total. The molecule has 0 amide bonds. The second-order valence-corrected chi connectivity index (χ2v) is 4.32. The lowest BCUT2D eigenvalue weighted by atomic mass is 10.1. The topological polar surface area (TPSA) is 21.3 Å². The van der Waals surface area contributed by atoms with Gasteiger partial charge in [0.15, 0.2) is 0 Å². The van der Waals surface area contributed by atoms with E-state index in [9.17, 15) is 0 Å². The van der Waals surface area contributed by atoms with Crippen LogP contribution in [-0.2, 0) is 6.42 Å². The van der Waals surface area contributed by atoms with E-state index in [1.54, 1.807) is 0 Å². The van der Waals surface area contributed by atoms with E-state index >= 15 is 0 Å². The summed E-state index contributed by atoms with van der Waals surface area (Å²) in [5.41, 5.74) is 2.56. The van der Waals surface area contributed by atoms with Crippen molar-refractivity contribution >= 4 is 5.69 Å². The fraction of sp³-hybridized carbons (Fsp3) is 0.538. The molecule has 0 radical (unpaired) electrons. The van der Waals surface area contributed by atoms with Gasteiger partial charge < -0.3 is 10.1 Å². The molecule has 1 aliphatic heterocycles. The SMILES string of the molecule is CCC(C)CNc1ccc2c(c1)CCO2. The van der Waals surface area contributed by atoms with Crippen LogP contribution in [0, 0.1) is 5.92 Å². The number of anilines is 1. The summed E-state index contributed by atoms with van der Waals surface area (Å²) >= 11 is 0. The molecule has 15 heavy (non-hydrogen) atoms. The van der Waals surface area contributed by atoms with Gasteiger partial charge in [0, 0.05) is 18.7 Å². The van der Waals surface area contributed by atoms with Crippen LogP contribution < -0.4 is 10.1 Å². The van der Waals surface area contributed by atoms with Crippen LogP contribution in [0.3, 0.4) is 0 Å². The Labute approximate surface area is 91.6 Å². The molecule has 2 rings (SSSR count). The molecule has 1 aromatic carbocycles. The standard InChI is InChI=1S/C13H19NO/c1-3-10(2)9-14-12-4-5-13-11(8-12)6-7-15-13/h4-5,8,10,14H,3,6-7,9H2,1-2H3. The van der Waals surface area contributed by atoms with Crippen LogP contribution in [0.5, 0.6) is 5.75 Å². The van der Waals surface area contributed by atoms with Crippen LogP contribution in [-0.4, -0.2) is 13.2 Å². The fourth-order valence-corrected chi connectivity index (χ4v) is 1.73. The van der Waals surface area contributed by atoms with Crippen LogP contribution >= 0.6 is 0 Å². The Balaban J connectivity index is 1.98. The molecule has 0 spiro atoms. The highest BCUT2D eigenvalue weighted by Gasteiger charge is 2.11. The number of ether oxygens (including phenoxy) is 1. The van der Waals surface area contributed by atoms with Gasteiger partial charge in [0.25, 0.3) is 0 Å². The van der Waals surface area contributed by atoms with Gasteiger partial charge in [-0.1, -0.05) is 20.3 Å². The molecule has 0 saturated carbocycles. The molecule has 0 fully saturated rings. The summed E-state index contributed by atoms with van der Waals surface area (Å²) in [7, 11) is 0. The quantitative estimate of drug-likeness (QED) is 0.815. The van der Waals surface area contributed by atoms with Crippen molar-refractivity contribution in [2.45, 2.75) is 26.7 Å². The lowest BCUT2D eigenvalue weighted by molar-refractivity contribution is 0.357. The summed E-state index contributed by atoms with van der Waals surface area (Å²) in [5.74, 6) is 1.79. The number of rotatable bonds is 4. The van der Waals surface area contributed by atoms with E-state index in [-0.39, 0.29) is 0 Å². The van der Waals surface area contributed by atoms with Crippen molar-refractivity contribution in [2.24, 2.45) is 5.92 Å². The molecule has 1 atom stereocenters. The zero-order valence-corrected chi connectivity index (χ0v) is 9.55. The molecule has 1 heterocycles. The Morgan fingerprint density at radius 1 is 1.47 bits per heavy atom. The maximum absolute atomic E-state index is 5.47. The third-order valence-corrected chi connectivity index (χ3v) is 3.04. The summed E-state index contributed by atoms with van der Waals surface area (Å²) < 4.78 is 5.47. The average Bonchev–Trinajstić information content (AvgIpc) is 2.72. The van der Waals surface area contributed by atoms with Crippen LogP contribution in [0.15, 0.2) is 18.2 Å². The zero-order chi connectivity index (χ0) is 10.7. The second kappa shape index (κ2) is 4.56. The molecule has 2 heteroatoms. The predicted molar refractivity (Wildman–Crippen MR) is 63.6 cm³/mol. The highest BCUT2D eigenvalue weighted by Crippen LogP contribution is 2.27. The predicted octanol–water partition coefficient (Wildman–Crippen LogP) is 3.08. The monoisotopic (exact) mass is 205 g/mol. The van der Waals surface area contributed by atoms with E-state index in [1.807, 2.05) is 0 Å². The second-order valence-electron chi connectivity index (χ2n) is 4.32. The number of hydrogen-bond donors (Lipinski definition) is 1. The summed E-state index contributed by atoms with van der Waals surface area (Å²) in [5, 5.41) is 3.47. The van der Waals surface area contributed by atoms with Gasteiger partial charge in [-0.3, -0.25) is 0 Å². The van der Waals surface area contributed by atoms with Crippen molar-refractivity contribution in [1.29, 1.82) is 0 Å². The van der Waals surface area contributed by atoms with Gasteiger partial charge in [0.2, 0.25) is 0 Å². The first-order valence-corrected chi connectivity index (χ1v) is 5.79. The first-order valence-electron chi connectivity index (χ1n) is 5.79. The summed E-state index contributed by atoms with van der Waals surface area (Å²) in [6.07, 6.45) is 2.27. The molecule has 82 valence electrons. The number of nitrogens with one attached hydrogen (secondary N) is 1. The number of benzene rings is 1. The summed E-state index contributed by atoms with van der Waals surface area (Å²) in [6.45, 7) is 6.38. The smallest absolute Gasteiger partial charge is 0.122 e. The minimum absolute atomic E-state index is 0.731. The van der Waals surface area contributed by atoms with E-state index in [4.69, 9.17) is 4.74 Å². The van der Waals surface area contributed by atoms with Crippen LogP contribution in [0.4, 0.5) is 5.69 Å². The molecule has 0 saturated heterocycles. The van der Waals surface area contributed by atoms with Gasteiger partial charge in [-0.25, -0.2) is 0 Å². The highest BCUT2D eigenvalue weighted by molar-refractivity contribution is 5.52. The normalized spacial score (nSPS) is 15.6. The maximum Gasteiger partial charge on any atom is 0.122 e. The minimum atomic E-state index is 0.731. The van der Waals surface area contributed by atoms with Crippen molar-refractivity contribution in [3.05, 3.63) is 23.8 Å². The molecule has 0 aliphatic carbocycles. The Morgan fingerprint density at radius 3 is 3.13 bits per heavy atom.